The number of hydrogen-bond donors (Lipinski definition) is 3. The number of aliphatic carboxylic acids is 1. The van der Waals surface area contributed by atoms with Gasteiger partial charge in [-0.1, -0.05) is 23.7 Å². The van der Waals surface area contributed by atoms with Crippen LogP contribution in [-0.2, 0) is 4.79 Å². The summed E-state index contributed by atoms with van der Waals surface area (Å²) in [6.07, 6.45) is 1.91. The lowest BCUT2D eigenvalue weighted by Crippen LogP contribution is -2.47. The largest absolute Gasteiger partial charge is 0.480 e. The number of carboxylic acids is 1. The van der Waals surface area contributed by atoms with Gasteiger partial charge in [0.15, 0.2) is 6.23 Å². The van der Waals surface area contributed by atoms with Crippen LogP contribution in [0.25, 0.3) is 22.7 Å². The molecule has 0 aliphatic carbocycles. The van der Waals surface area contributed by atoms with E-state index < -0.39 is 24.8 Å². The molecule has 1 aliphatic rings. The second kappa shape index (κ2) is 6.64. The minimum absolute atomic E-state index is 0.511. The maximum absolute atomic E-state index is 12.0. The molecule has 0 radical (unpaired) electrons. The van der Waals surface area contributed by atoms with Crippen LogP contribution in [0.3, 0.4) is 0 Å². The molecule has 1 aromatic heterocycles. The summed E-state index contributed by atoms with van der Waals surface area (Å²) in [5.74, 6) is -1.15. The number of rotatable bonds is 3. The number of urea groups is 1. The van der Waals surface area contributed by atoms with Crippen molar-refractivity contribution in [2.75, 3.05) is 6.54 Å². The molecule has 2 heterocycles. The number of aliphatic hydroxyl groups excluding tert-OH is 1. The quantitative estimate of drug-likeness (QED) is 0.758. The fraction of sp³-hybridized carbons (Fsp3) is 0.125. The number of halogens is 1. The summed E-state index contributed by atoms with van der Waals surface area (Å²) >= 11 is 7.38. The van der Waals surface area contributed by atoms with Gasteiger partial charge in [-0.05, 0) is 29.8 Å². The SMILES string of the molecule is O=C(O)CNC(=O)N1C=c2cc(-c3ccc(Cl)cc3)sc2=CC1O. The molecule has 6 nitrogen and oxygen atoms in total. The van der Waals surface area contributed by atoms with E-state index in [-0.39, 0.29) is 0 Å². The first-order valence-corrected chi connectivity index (χ1v) is 8.19. The number of aliphatic hydroxyl groups is 1. The zero-order valence-electron chi connectivity index (χ0n) is 12.3. The van der Waals surface area contributed by atoms with Gasteiger partial charge in [0.1, 0.15) is 6.54 Å². The number of amides is 2. The van der Waals surface area contributed by atoms with E-state index >= 15 is 0 Å². The third-order valence-corrected chi connectivity index (χ3v) is 4.83. The number of fused-ring (bicyclic) bond motifs is 1. The molecule has 1 aliphatic heterocycles. The summed E-state index contributed by atoms with van der Waals surface area (Å²) in [4.78, 5) is 24.5. The number of nitrogens with one attached hydrogen (secondary N) is 1. The van der Waals surface area contributed by atoms with Crippen LogP contribution >= 0.6 is 22.9 Å². The Hall–Kier alpha value is -2.35. The standard InChI is InChI=1S/C16H13ClN2O4S/c17-11-3-1-9(2-4-11)12-5-10-8-19(14(20)6-13(10)24-12)16(23)18-7-15(21)22/h1-6,8,14,20H,7H2,(H,18,23)(H,21,22). The van der Waals surface area contributed by atoms with Gasteiger partial charge in [-0.2, -0.15) is 0 Å². The molecule has 0 saturated heterocycles. The van der Waals surface area contributed by atoms with Gasteiger partial charge in [0.25, 0.3) is 0 Å². The number of carbonyl (C=O) groups excluding carboxylic acids is 1. The predicted octanol–water partition coefficient (Wildman–Crippen LogP) is 1.02. The molecule has 2 aromatic rings. The van der Waals surface area contributed by atoms with Crippen LogP contribution in [0.5, 0.6) is 0 Å². The van der Waals surface area contributed by atoms with Crippen molar-refractivity contribution in [3.63, 3.8) is 0 Å². The topological polar surface area (TPSA) is 89.9 Å². The summed E-state index contributed by atoms with van der Waals surface area (Å²) in [5.41, 5.74) is 0.983. The lowest BCUT2D eigenvalue weighted by Gasteiger charge is -2.23. The van der Waals surface area contributed by atoms with Crippen molar-refractivity contribution >= 4 is 47.2 Å². The van der Waals surface area contributed by atoms with Crippen LogP contribution in [0.2, 0.25) is 5.02 Å². The lowest BCUT2D eigenvalue weighted by atomic mass is 10.2. The first kappa shape index (κ1) is 16.5. The third kappa shape index (κ3) is 3.43. The van der Waals surface area contributed by atoms with Crippen LogP contribution < -0.4 is 15.1 Å². The van der Waals surface area contributed by atoms with Gasteiger partial charge in [-0.15, -0.1) is 11.3 Å². The average Bonchev–Trinajstić information content (AvgIpc) is 2.95. The van der Waals surface area contributed by atoms with Gasteiger partial charge in [0.2, 0.25) is 0 Å². The highest BCUT2D eigenvalue weighted by atomic mass is 35.5. The fourth-order valence-corrected chi connectivity index (χ4v) is 3.49. The van der Waals surface area contributed by atoms with Gasteiger partial charge < -0.3 is 15.5 Å². The Bertz CT molecular complexity index is 907. The molecule has 2 amide bonds. The zero-order chi connectivity index (χ0) is 17.3. The van der Waals surface area contributed by atoms with E-state index in [0.717, 1.165) is 25.1 Å². The highest BCUT2D eigenvalue weighted by Crippen LogP contribution is 2.23. The zero-order valence-corrected chi connectivity index (χ0v) is 13.8. The van der Waals surface area contributed by atoms with Gasteiger partial charge in [0, 0.05) is 25.9 Å². The highest BCUT2D eigenvalue weighted by molar-refractivity contribution is 7.13. The van der Waals surface area contributed by atoms with E-state index in [0.29, 0.717) is 5.02 Å². The molecule has 124 valence electrons. The monoisotopic (exact) mass is 364 g/mol. The number of nitrogens with zero attached hydrogens (tertiary/aromatic N) is 1. The summed E-state index contributed by atoms with van der Waals surface area (Å²) in [6.45, 7) is -0.511. The number of thiophene rings is 1. The normalized spacial score (nSPS) is 15.9. The van der Waals surface area contributed by atoms with Crippen molar-refractivity contribution in [3.8, 4) is 10.4 Å². The maximum atomic E-state index is 12.0. The van der Waals surface area contributed by atoms with Gasteiger partial charge in [0.05, 0.1) is 0 Å². The fourth-order valence-electron chi connectivity index (χ4n) is 2.27. The van der Waals surface area contributed by atoms with Crippen LogP contribution in [0, 0.1) is 0 Å². The molecule has 0 fully saturated rings. The van der Waals surface area contributed by atoms with Crippen LogP contribution in [-0.4, -0.2) is 39.9 Å². The molecule has 8 heteroatoms. The van der Waals surface area contributed by atoms with Crippen molar-refractivity contribution in [1.82, 2.24) is 10.2 Å². The van der Waals surface area contributed by atoms with Crippen molar-refractivity contribution < 1.29 is 19.8 Å². The van der Waals surface area contributed by atoms with Crippen LogP contribution in [0.4, 0.5) is 4.79 Å². The van der Waals surface area contributed by atoms with Gasteiger partial charge in [-0.25, -0.2) is 4.79 Å². The van der Waals surface area contributed by atoms with E-state index in [4.69, 9.17) is 16.7 Å². The molecule has 1 aromatic carbocycles. The summed E-state index contributed by atoms with van der Waals surface area (Å²) in [7, 11) is 0. The molecule has 24 heavy (non-hydrogen) atoms. The molecule has 0 spiro atoms. The Balaban J connectivity index is 1.91. The smallest absolute Gasteiger partial charge is 0.324 e. The summed E-state index contributed by atoms with van der Waals surface area (Å²) < 4.78 is 0.842. The molecular formula is C16H13ClN2O4S. The third-order valence-electron chi connectivity index (χ3n) is 3.41. The molecule has 0 bridgehead atoms. The highest BCUT2D eigenvalue weighted by Gasteiger charge is 2.21. The number of benzene rings is 1. The van der Waals surface area contributed by atoms with E-state index in [9.17, 15) is 14.7 Å². The summed E-state index contributed by atoms with van der Waals surface area (Å²) in [6, 6.07) is 8.61. The molecule has 3 N–H and O–H groups in total. The molecular weight excluding hydrogens is 352 g/mol. The Kier molecular flexibility index (Phi) is 4.57. The summed E-state index contributed by atoms with van der Waals surface area (Å²) in [5, 5.41) is 22.3. The Morgan fingerprint density at radius 1 is 1.29 bits per heavy atom. The maximum Gasteiger partial charge on any atom is 0.324 e. The van der Waals surface area contributed by atoms with E-state index in [1.165, 1.54) is 17.5 Å². The molecule has 1 atom stereocenters. The molecule has 0 saturated carbocycles. The Labute approximate surface area is 145 Å². The van der Waals surface area contributed by atoms with E-state index in [1.807, 2.05) is 18.2 Å². The van der Waals surface area contributed by atoms with Crippen molar-refractivity contribution in [2.45, 2.75) is 6.23 Å². The first-order chi connectivity index (χ1) is 11.4. The number of carboxylic acid groups (broad SMARTS) is 1. The minimum atomic E-state index is -1.15. The van der Waals surface area contributed by atoms with Crippen LogP contribution in [0.1, 0.15) is 0 Å². The Morgan fingerprint density at radius 2 is 2.00 bits per heavy atom. The van der Waals surface area contributed by atoms with E-state index in [1.54, 1.807) is 18.2 Å². The average molecular weight is 365 g/mol. The van der Waals surface area contributed by atoms with Crippen LogP contribution in [0.15, 0.2) is 30.3 Å². The van der Waals surface area contributed by atoms with Crippen molar-refractivity contribution in [2.24, 2.45) is 0 Å². The minimum Gasteiger partial charge on any atom is -0.480 e. The van der Waals surface area contributed by atoms with Crippen molar-refractivity contribution in [1.29, 1.82) is 0 Å². The Morgan fingerprint density at radius 3 is 2.67 bits per heavy atom. The van der Waals surface area contributed by atoms with E-state index in [2.05, 4.69) is 5.32 Å². The lowest BCUT2D eigenvalue weighted by molar-refractivity contribution is -0.135. The predicted molar refractivity (Wildman–Crippen MR) is 91.8 cm³/mol. The van der Waals surface area contributed by atoms with Gasteiger partial charge >= 0.3 is 12.0 Å². The van der Waals surface area contributed by atoms with Crippen molar-refractivity contribution in [3.05, 3.63) is 45.1 Å². The second-order valence-electron chi connectivity index (χ2n) is 5.11. The number of carbonyl (C=O) groups is 2. The number of hydrogen-bond acceptors (Lipinski definition) is 4. The van der Waals surface area contributed by atoms with Gasteiger partial charge in [-0.3, -0.25) is 9.69 Å². The second-order valence-corrected chi connectivity index (χ2v) is 6.63. The first-order valence-electron chi connectivity index (χ1n) is 6.99. The molecule has 1 unspecified atom stereocenters. The molecule has 3 rings (SSSR count).